The normalized spacial score (nSPS) is 16.5. The molecule has 0 aromatic heterocycles. The third-order valence-electron chi connectivity index (χ3n) is 5.81. The number of hydrogen-bond donors (Lipinski definition) is 2. The van der Waals surface area contributed by atoms with Crippen LogP contribution >= 0.6 is 0 Å². The highest BCUT2D eigenvalue weighted by Gasteiger charge is 2.27. The largest absolute Gasteiger partial charge is 0.449 e. The van der Waals surface area contributed by atoms with Gasteiger partial charge in [0.05, 0.1) is 16.6 Å². The molecule has 34 heavy (non-hydrogen) atoms. The van der Waals surface area contributed by atoms with Gasteiger partial charge in [-0.15, -0.1) is 0 Å². The van der Waals surface area contributed by atoms with Gasteiger partial charge in [0.1, 0.15) is 0 Å². The van der Waals surface area contributed by atoms with Gasteiger partial charge in [-0.05, 0) is 62.4 Å². The van der Waals surface area contributed by atoms with Crippen LogP contribution in [0, 0.1) is 0 Å². The average molecular weight is 490 g/mol. The molecule has 184 valence electrons. The van der Waals surface area contributed by atoms with E-state index in [9.17, 15) is 23.1 Å². The molecule has 1 aliphatic rings. The van der Waals surface area contributed by atoms with E-state index in [1.807, 2.05) is 0 Å². The summed E-state index contributed by atoms with van der Waals surface area (Å²) in [4.78, 5) is 29.1. The maximum absolute atomic E-state index is 12.6. The topological polar surface area (TPSA) is 116 Å². The van der Waals surface area contributed by atoms with Crippen LogP contribution in [0.1, 0.15) is 42.8 Å². The van der Waals surface area contributed by atoms with E-state index >= 15 is 0 Å². The molecular formula is C24H31N3O6S. The minimum atomic E-state index is -3.84. The number of piperazine rings is 1. The van der Waals surface area contributed by atoms with Crippen LogP contribution in [0.15, 0.2) is 53.4 Å². The number of ether oxygens (including phenoxy) is 1. The van der Waals surface area contributed by atoms with Crippen molar-refractivity contribution in [3.63, 3.8) is 0 Å². The summed E-state index contributed by atoms with van der Waals surface area (Å²) in [6, 6.07) is 11.7. The zero-order chi connectivity index (χ0) is 24.9. The van der Waals surface area contributed by atoms with Gasteiger partial charge >= 0.3 is 5.97 Å². The number of carbonyl (C=O) groups is 2. The number of aliphatic hydroxyl groups excluding tert-OH is 1. The zero-order valence-electron chi connectivity index (χ0n) is 19.6. The van der Waals surface area contributed by atoms with Gasteiger partial charge in [-0.3, -0.25) is 9.52 Å². The van der Waals surface area contributed by atoms with Gasteiger partial charge in [0.25, 0.3) is 15.9 Å². The second-order valence-electron chi connectivity index (χ2n) is 8.23. The molecule has 1 amide bonds. The zero-order valence-corrected chi connectivity index (χ0v) is 20.4. The van der Waals surface area contributed by atoms with Crippen molar-refractivity contribution < 1.29 is 27.9 Å². The van der Waals surface area contributed by atoms with Crippen molar-refractivity contribution in [3.05, 3.63) is 59.7 Å². The number of amides is 1. The van der Waals surface area contributed by atoms with Crippen LogP contribution in [0.5, 0.6) is 0 Å². The third-order valence-corrected chi connectivity index (χ3v) is 7.21. The van der Waals surface area contributed by atoms with E-state index in [1.54, 1.807) is 30.9 Å². The highest BCUT2D eigenvalue weighted by atomic mass is 32.2. The van der Waals surface area contributed by atoms with Gasteiger partial charge in [-0.1, -0.05) is 19.1 Å². The first-order valence-corrected chi connectivity index (χ1v) is 12.7. The molecule has 2 aromatic carbocycles. The Bertz CT molecular complexity index is 1090. The monoisotopic (exact) mass is 489 g/mol. The Hall–Kier alpha value is -2.95. The second kappa shape index (κ2) is 11.0. The van der Waals surface area contributed by atoms with E-state index in [0.29, 0.717) is 18.7 Å². The highest BCUT2D eigenvalue weighted by molar-refractivity contribution is 7.92. The van der Waals surface area contributed by atoms with Gasteiger partial charge in [0, 0.05) is 31.9 Å². The third kappa shape index (κ3) is 6.34. The summed E-state index contributed by atoms with van der Waals surface area (Å²) < 4.78 is 33.0. The van der Waals surface area contributed by atoms with Gasteiger partial charge in [0.15, 0.2) is 6.10 Å². The molecule has 1 saturated heterocycles. The molecule has 10 heteroatoms. The number of anilines is 1. The van der Waals surface area contributed by atoms with Gasteiger partial charge in [0.2, 0.25) is 0 Å². The van der Waals surface area contributed by atoms with Crippen molar-refractivity contribution in [1.29, 1.82) is 0 Å². The van der Waals surface area contributed by atoms with Crippen LogP contribution in [0.3, 0.4) is 0 Å². The molecule has 3 rings (SSSR count). The Morgan fingerprint density at radius 1 is 1.00 bits per heavy atom. The smallest absolute Gasteiger partial charge is 0.338 e. The molecule has 0 spiro atoms. The number of likely N-dealkylation sites (N-methyl/N-ethyl adjacent to an activating group) is 1. The van der Waals surface area contributed by atoms with Crippen LogP contribution in [0.2, 0.25) is 0 Å². The average Bonchev–Trinajstić information content (AvgIpc) is 2.83. The first-order chi connectivity index (χ1) is 16.1. The number of benzene rings is 2. The predicted molar refractivity (Wildman–Crippen MR) is 128 cm³/mol. The Balaban J connectivity index is 1.58. The number of aliphatic hydroxyl groups is 1. The summed E-state index contributed by atoms with van der Waals surface area (Å²) in [5.74, 6) is -0.883. The van der Waals surface area contributed by atoms with Crippen molar-refractivity contribution in [3.8, 4) is 0 Å². The lowest BCUT2D eigenvalue weighted by atomic mass is 10.1. The minimum Gasteiger partial charge on any atom is -0.449 e. The lowest BCUT2D eigenvalue weighted by Crippen LogP contribution is -2.51. The molecule has 1 fully saturated rings. The summed E-state index contributed by atoms with van der Waals surface area (Å²) in [5.41, 5.74) is 1.09. The standard InChI is InChI=1S/C24H31N3O6S/c1-4-26-13-15-27(16-14-26)23(29)18(3)33-24(30)20-5-9-21(10-6-20)25-34(31,32)22-11-7-19(8-12-22)17(2)28/h5-12,17-18,25,28H,4,13-16H2,1-3H3/t17-,18+/m1/s1. The van der Waals surface area contributed by atoms with E-state index in [-0.39, 0.29) is 22.1 Å². The van der Waals surface area contributed by atoms with Gasteiger partial charge in [-0.2, -0.15) is 0 Å². The maximum atomic E-state index is 12.6. The molecular weight excluding hydrogens is 458 g/mol. The summed E-state index contributed by atoms with van der Waals surface area (Å²) in [7, 11) is -3.84. The summed E-state index contributed by atoms with van der Waals surface area (Å²) in [5, 5.41) is 9.57. The minimum absolute atomic E-state index is 0.0486. The molecule has 9 nitrogen and oxygen atoms in total. The number of sulfonamides is 1. The van der Waals surface area contributed by atoms with Crippen LogP contribution in [-0.4, -0.2) is 74.0 Å². The van der Waals surface area contributed by atoms with Crippen LogP contribution < -0.4 is 4.72 Å². The maximum Gasteiger partial charge on any atom is 0.338 e. The fourth-order valence-corrected chi connectivity index (χ4v) is 4.69. The Morgan fingerprint density at radius 2 is 1.59 bits per heavy atom. The van der Waals surface area contributed by atoms with Crippen molar-refractivity contribution in [1.82, 2.24) is 9.80 Å². The van der Waals surface area contributed by atoms with E-state index in [2.05, 4.69) is 16.5 Å². The molecule has 1 aliphatic heterocycles. The molecule has 0 saturated carbocycles. The van der Waals surface area contributed by atoms with Crippen LogP contribution in [0.25, 0.3) is 0 Å². The van der Waals surface area contributed by atoms with E-state index in [4.69, 9.17) is 4.74 Å². The lowest BCUT2D eigenvalue weighted by Gasteiger charge is -2.35. The molecule has 2 atom stereocenters. The van der Waals surface area contributed by atoms with Crippen molar-refractivity contribution >= 4 is 27.6 Å². The number of hydrogen-bond acceptors (Lipinski definition) is 7. The van der Waals surface area contributed by atoms with E-state index in [1.165, 1.54) is 36.4 Å². The van der Waals surface area contributed by atoms with Crippen molar-refractivity contribution in [2.75, 3.05) is 37.4 Å². The van der Waals surface area contributed by atoms with Crippen molar-refractivity contribution in [2.45, 2.75) is 37.9 Å². The van der Waals surface area contributed by atoms with Gasteiger partial charge in [-0.25, -0.2) is 13.2 Å². The Morgan fingerprint density at radius 3 is 2.12 bits per heavy atom. The summed E-state index contributed by atoms with van der Waals surface area (Å²) in [6.07, 6.45) is -1.61. The number of nitrogens with one attached hydrogen (secondary N) is 1. The fraction of sp³-hybridized carbons (Fsp3) is 0.417. The molecule has 0 unspecified atom stereocenters. The van der Waals surface area contributed by atoms with Crippen molar-refractivity contribution in [2.24, 2.45) is 0 Å². The molecule has 1 heterocycles. The second-order valence-corrected chi connectivity index (χ2v) is 9.92. The number of carbonyl (C=O) groups excluding carboxylic acids is 2. The number of rotatable bonds is 8. The number of esters is 1. The molecule has 0 bridgehead atoms. The quantitative estimate of drug-likeness (QED) is 0.546. The SMILES string of the molecule is CCN1CCN(C(=O)[C@H](C)OC(=O)c2ccc(NS(=O)(=O)c3ccc([C@@H](C)O)cc3)cc2)CC1. The predicted octanol–water partition coefficient (Wildman–Crippen LogP) is 2.25. The van der Waals surface area contributed by atoms with Crippen LogP contribution in [-0.2, 0) is 19.6 Å². The Kier molecular flexibility index (Phi) is 8.29. The summed E-state index contributed by atoms with van der Waals surface area (Å²) in [6.45, 7) is 8.96. The lowest BCUT2D eigenvalue weighted by molar-refractivity contribution is -0.141. The molecule has 0 aliphatic carbocycles. The van der Waals surface area contributed by atoms with E-state index < -0.39 is 28.2 Å². The molecule has 0 radical (unpaired) electrons. The number of nitrogens with zero attached hydrogens (tertiary/aromatic N) is 2. The molecule has 2 N–H and O–H groups in total. The summed E-state index contributed by atoms with van der Waals surface area (Å²) >= 11 is 0. The fourth-order valence-electron chi connectivity index (χ4n) is 3.63. The highest BCUT2D eigenvalue weighted by Crippen LogP contribution is 2.20. The Labute approximate surface area is 200 Å². The first kappa shape index (κ1) is 25.7. The van der Waals surface area contributed by atoms with E-state index in [0.717, 1.165) is 19.6 Å². The molecule has 2 aromatic rings. The first-order valence-electron chi connectivity index (χ1n) is 11.2. The van der Waals surface area contributed by atoms with Crippen LogP contribution in [0.4, 0.5) is 5.69 Å². The van der Waals surface area contributed by atoms with Gasteiger partial charge < -0.3 is 19.6 Å².